The third kappa shape index (κ3) is 4.43. The Morgan fingerprint density at radius 1 is 1.16 bits per heavy atom. The Labute approximate surface area is 194 Å². The second kappa shape index (κ2) is 9.35. The van der Waals surface area contributed by atoms with Gasteiger partial charge in [-0.05, 0) is 31.5 Å². The summed E-state index contributed by atoms with van der Waals surface area (Å²) in [7, 11) is 0. The second-order valence-electron chi connectivity index (χ2n) is 7.26. The summed E-state index contributed by atoms with van der Waals surface area (Å²) >= 11 is 3.44. The third-order valence-corrected chi connectivity index (χ3v) is 5.66. The molecule has 0 spiro atoms. The molecule has 0 fully saturated rings. The zero-order valence-corrected chi connectivity index (χ0v) is 19.2. The van der Waals surface area contributed by atoms with Crippen molar-refractivity contribution < 1.29 is 14.3 Å². The van der Waals surface area contributed by atoms with Crippen LogP contribution in [0.3, 0.4) is 0 Å². The lowest BCUT2D eigenvalue weighted by Crippen LogP contribution is -2.49. The molecule has 0 bridgehead atoms. The topological polar surface area (TPSA) is 89.4 Å². The summed E-state index contributed by atoms with van der Waals surface area (Å²) in [6.45, 7) is 3.79. The van der Waals surface area contributed by atoms with E-state index in [9.17, 15) is 9.59 Å². The normalized spacial score (nSPS) is 16.2. The first kappa shape index (κ1) is 21.8. The standard InChI is InChI=1S/C23H22BrN5O3/c1-3-32-22(30)20-15(2)25-23(31)29(21(20)17-9-11-18(24)12-10-17)14-28-13-19(26-27-28)16-7-5-4-6-8-16/h4-13,21H,3,14H2,1-2H3,(H,25,31). The van der Waals surface area contributed by atoms with Crippen LogP contribution >= 0.6 is 15.9 Å². The number of rotatable bonds is 6. The van der Waals surface area contributed by atoms with Gasteiger partial charge >= 0.3 is 12.0 Å². The maximum Gasteiger partial charge on any atom is 0.338 e. The van der Waals surface area contributed by atoms with Crippen molar-refractivity contribution in [1.29, 1.82) is 0 Å². The zero-order chi connectivity index (χ0) is 22.7. The quantitative estimate of drug-likeness (QED) is 0.515. The number of esters is 1. The summed E-state index contributed by atoms with van der Waals surface area (Å²) in [6, 6.07) is 16.2. The molecular formula is C23H22BrN5O3. The zero-order valence-electron chi connectivity index (χ0n) is 17.7. The number of urea groups is 1. The van der Waals surface area contributed by atoms with E-state index in [2.05, 4.69) is 31.6 Å². The fraction of sp³-hybridized carbons (Fsp3) is 0.217. The lowest BCUT2D eigenvalue weighted by molar-refractivity contribution is -0.139. The van der Waals surface area contributed by atoms with Crippen molar-refractivity contribution in [2.24, 2.45) is 0 Å². The Kier molecular flexibility index (Phi) is 6.36. The Morgan fingerprint density at radius 2 is 1.88 bits per heavy atom. The molecule has 0 aliphatic carbocycles. The number of allylic oxidation sites excluding steroid dienone is 1. The fourth-order valence-electron chi connectivity index (χ4n) is 3.65. The van der Waals surface area contributed by atoms with E-state index in [4.69, 9.17) is 4.74 Å². The van der Waals surface area contributed by atoms with Crippen molar-refractivity contribution in [2.75, 3.05) is 6.61 Å². The molecule has 1 aromatic heterocycles. The number of hydrogen-bond donors (Lipinski definition) is 1. The van der Waals surface area contributed by atoms with E-state index in [1.165, 1.54) is 0 Å². The highest BCUT2D eigenvalue weighted by atomic mass is 79.9. The van der Waals surface area contributed by atoms with Crippen LogP contribution in [0.25, 0.3) is 11.3 Å². The van der Waals surface area contributed by atoms with E-state index in [0.29, 0.717) is 17.0 Å². The van der Waals surface area contributed by atoms with Crippen LogP contribution in [0.4, 0.5) is 4.79 Å². The maximum absolute atomic E-state index is 13.0. The van der Waals surface area contributed by atoms with Crippen molar-refractivity contribution in [1.82, 2.24) is 25.2 Å². The molecule has 3 aromatic rings. The average molecular weight is 496 g/mol. The van der Waals surface area contributed by atoms with Gasteiger partial charge in [0.05, 0.1) is 24.4 Å². The van der Waals surface area contributed by atoms with Gasteiger partial charge in [-0.15, -0.1) is 5.10 Å². The number of aromatic nitrogens is 3. The van der Waals surface area contributed by atoms with Gasteiger partial charge in [0.25, 0.3) is 0 Å². The largest absolute Gasteiger partial charge is 0.463 e. The summed E-state index contributed by atoms with van der Waals surface area (Å²) in [4.78, 5) is 27.4. The first-order valence-electron chi connectivity index (χ1n) is 10.1. The molecule has 32 heavy (non-hydrogen) atoms. The van der Waals surface area contributed by atoms with Gasteiger partial charge in [0, 0.05) is 15.7 Å². The van der Waals surface area contributed by atoms with E-state index in [0.717, 1.165) is 15.6 Å². The van der Waals surface area contributed by atoms with E-state index < -0.39 is 12.0 Å². The first-order valence-corrected chi connectivity index (χ1v) is 10.9. The van der Waals surface area contributed by atoms with E-state index >= 15 is 0 Å². The SMILES string of the molecule is CCOC(=O)C1=C(C)NC(=O)N(Cn2cc(-c3ccccc3)nn2)C1c1ccc(Br)cc1. The van der Waals surface area contributed by atoms with Gasteiger partial charge in [-0.3, -0.25) is 4.90 Å². The molecule has 0 saturated carbocycles. The smallest absolute Gasteiger partial charge is 0.338 e. The predicted molar refractivity (Wildman–Crippen MR) is 122 cm³/mol. The second-order valence-corrected chi connectivity index (χ2v) is 8.18. The number of hydrogen-bond acceptors (Lipinski definition) is 5. The molecule has 164 valence electrons. The van der Waals surface area contributed by atoms with Crippen molar-refractivity contribution in [3.8, 4) is 11.3 Å². The number of carbonyl (C=O) groups excluding carboxylic acids is 2. The summed E-state index contributed by atoms with van der Waals surface area (Å²) in [5.41, 5.74) is 3.27. The fourth-order valence-corrected chi connectivity index (χ4v) is 3.92. The minimum atomic E-state index is -0.639. The van der Waals surface area contributed by atoms with Crippen LogP contribution in [0.15, 0.2) is 76.5 Å². The highest BCUT2D eigenvalue weighted by molar-refractivity contribution is 9.10. The summed E-state index contributed by atoms with van der Waals surface area (Å²) in [6.07, 6.45) is 1.77. The molecule has 0 saturated heterocycles. The van der Waals surface area contributed by atoms with Crippen LogP contribution in [-0.4, -0.2) is 38.5 Å². The van der Waals surface area contributed by atoms with Gasteiger partial charge in [-0.25, -0.2) is 14.3 Å². The number of nitrogens with one attached hydrogen (secondary N) is 1. The van der Waals surface area contributed by atoms with Crippen molar-refractivity contribution in [3.05, 3.63) is 82.1 Å². The van der Waals surface area contributed by atoms with E-state index in [1.807, 2.05) is 54.6 Å². The van der Waals surface area contributed by atoms with Gasteiger partial charge in [0.2, 0.25) is 0 Å². The van der Waals surface area contributed by atoms with E-state index in [-0.39, 0.29) is 19.3 Å². The maximum atomic E-state index is 13.0. The summed E-state index contributed by atoms with van der Waals surface area (Å²) in [5.74, 6) is -0.466. The predicted octanol–water partition coefficient (Wildman–Crippen LogP) is 4.27. The third-order valence-electron chi connectivity index (χ3n) is 5.13. The molecular weight excluding hydrogens is 474 g/mol. The molecule has 2 heterocycles. The lowest BCUT2D eigenvalue weighted by atomic mass is 9.94. The summed E-state index contributed by atoms with van der Waals surface area (Å²) < 4.78 is 7.78. The van der Waals surface area contributed by atoms with Crippen LogP contribution in [0, 0.1) is 0 Å². The Bertz CT molecular complexity index is 1160. The van der Waals surface area contributed by atoms with Gasteiger partial charge < -0.3 is 10.1 Å². The molecule has 1 unspecified atom stereocenters. The number of carbonyl (C=O) groups is 2. The van der Waals surface area contributed by atoms with Gasteiger partial charge in [-0.1, -0.05) is 63.6 Å². The van der Waals surface area contributed by atoms with Crippen LogP contribution in [0.1, 0.15) is 25.5 Å². The van der Waals surface area contributed by atoms with Crippen molar-refractivity contribution in [2.45, 2.75) is 26.6 Å². The number of amides is 2. The highest BCUT2D eigenvalue weighted by Crippen LogP contribution is 2.35. The molecule has 2 amide bonds. The van der Waals surface area contributed by atoms with Crippen LogP contribution < -0.4 is 5.32 Å². The van der Waals surface area contributed by atoms with Crippen molar-refractivity contribution in [3.63, 3.8) is 0 Å². The Hall–Kier alpha value is -3.46. The molecule has 9 heteroatoms. The highest BCUT2D eigenvalue weighted by Gasteiger charge is 2.38. The minimum absolute atomic E-state index is 0.0998. The number of ether oxygens (including phenoxy) is 1. The molecule has 1 aliphatic rings. The molecule has 0 radical (unpaired) electrons. The van der Waals surface area contributed by atoms with Crippen LogP contribution in [-0.2, 0) is 16.2 Å². The molecule has 8 nitrogen and oxygen atoms in total. The van der Waals surface area contributed by atoms with E-state index in [1.54, 1.807) is 29.6 Å². The van der Waals surface area contributed by atoms with Gasteiger partial charge in [-0.2, -0.15) is 0 Å². The Balaban J connectivity index is 1.72. The average Bonchev–Trinajstić information content (AvgIpc) is 3.25. The lowest BCUT2D eigenvalue weighted by Gasteiger charge is -2.37. The summed E-state index contributed by atoms with van der Waals surface area (Å²) in [5, 5.41) is 11.2. The number of benzene rings is 2. The van der Waals surface area contributed by atoms with Crippen molar-refractivity contribution >= 4 is 27.9 Å². The van der Waals surface area contributed by atoms with Gasteiger partial charge in [0.1, 0.15) is 12.4 Å². The molecule has 1 aliphatic heterocycles. The molecule has 4 rings (SSSR count). The molecule has 1 atom stereocenters. The van der Waals surface area contributed by atoms with Crippen LogP contribution in [0.5, 0.6) is 0 Å². The molecule has 2 aromatic carbocycles. The van der Waals surface area contributed by atoms with Crippen LogP contribution in [0.2, 0.25) is 0 Å². The minimum Gasteiger partial charge on any atom is -0.463 e. The first-order chi connectivity index (χ1) is 15.5. The van der Waals surface area contributed by atoms with Gasteiger partial charge in [0.15, 0.2) is 0 Å². The number of halogens is 1. The Morgan fingerprint density at radius 3 is 2.56 bits per heavy atom. The monoisotopic (exact) mass is 495 g/mol. The molecule has 1 N–H and O–H groups in total. The number of nitrogens with zero attached hydrogens (tertiary/aromatic N) is 4.